The summed E-state index contributed by atoms with van der Waals surface area (Å²) in [6.07, 6.45) is 0. The number of sulfone groups is 1. The molecular weight excluding hydrogens is 474 g/mol. The first-order valence-corrected chi connectivity index (χ1v) is 13.3. The van der Waals surface area contributed by atoms with Crippen LogP contribution in [0.4, 0.5) is 0 Å². The Balaban J connectivity index is 2.15. The number of aromatic nitrogens is 1. The van der Waals surface area contributed by atoms with Crippen molar-refractivity contribution in [3.05, 3.63) is 40.9 Å². The summed E-state index contributed by atoms with van der Waals surface area (Å²) in [5.41, 5.74) is 12.6. The molecule has 0 amide bonds. The van der Waals surface area contributed by atoms with Crippen molar-refractivity contribution in [3.63, 3.8) is 0 Å². The number of fused-ring (bicyclic) bond motifs is 1. The Morgan fingerprint density at radius 1 is 1.03 bits per heavy atom. The SMILES string of the molecule is NCCS(=O)(=O)c1ccc(-c2cccc3sc(CN)nc23)c(C2=NCN=N2)c1S(N)(=O)=O. The van der Waals surface area contributed by atoms with Gasteiger partial charge < -0.3 is 11.5 Å². The molecule has 0 fully saturated rings. The number of nitrogens with zero attached hydrogens (tertiary/aromatic N) is 4. The van der Waals surface area contributed by atoms with Gasteiger partial charge in [0.25, 0.3) is 0 Å². The average Bonchev–Trinajstić information content (AvgIpc) is 3.41. The molecule has 0 atom stereocenters. The first kappa shape index (κ1) is 22.6. The standard InChI is InChI=1S/C18H19N7O4S3/c19-6-7-31(26,27)13-5-4-10(11-2-1-3-12-16(11)24-14(8-20)30-12)15(17(13)32(21,28)29)18-22-9-23-25-18/h1-5H,6-9,19-20H2,(H2,21,28,29). The second-order valence-electron chi connectivity index (χ2n) is 6.80. The zero-order valence-electron chi connectivity index (χ0n) is 16.6. The number of azo groups is 1. The molecule has 11 nitrogen and oxygen atoms in total. The number of sulfonamides is 1. The van der Waals surface area contributed by atoms with E-state index in [-0.39, 0.29) is 31.2 Å². The largest absolute Gasteiger partial charge is 0.329 e. The van der Waals surface area contributed by atoms with Gasteiger partial charge in [-0.15, -0.1) is 16.5 Å². The second kappa shape index (κ2) is 8.38. The molecule has 3 aromatic rings. The Hall–Kier alpha value is -2.62. The van der Waals surface area contributed by atoms with E-state index in [4.69, 9.17) is 16.6 Å². The Kier molecular flexibility index (Phi) is 5.91. The van der Waals surface area contributed by atoms with Crippen molar-refractivity contribution in [1.29, 1.82) is 0 Å². The fourth-order valence-corrected chi connectivity index (χ4v) is 7.09. The minimum absolute atomic E-state index is 0.0170. The van der Waals surface area contributed by atoms with Crippen molar-refractivity contribution < 1.29 is 16.8 Å². The van der Waals surface area contributed by atoms with E-state index in [0.717, 1.165) is 4.70 Å². The molecule has 0 spiro atoms. The van der Waals surface area contributed by atoms with Crippen LogP contribution in [0.2, 0.25) is 0 Å². The van der Waals surface area contributed by atoms with Crippen molar-refractivity contribution in [2.24, 2.45) is 31.8 Å². The number of nitrogens with two attached hydrogens (primary N) is 3. The lowest BCUT2D eigenvalue weighted by atomic mass is 9.98. The van der Waals surface area contributed by atoms with E-state index >= 15 is 0 Å². The maximum atomic E-state index is 12.9. The lowest BCUT2D eigenvalue weighted by Crippen LogP contribution is -2.24. The third kappa shape index (κ3) is 3.96. The molecule has 0 unspecified atom stereocenters. The molecule has 2 aromatic carbocycles. The monoisotopic (exact) mass is 493 g/mol. The molecule has 0 saturated heterocycles. The summed E-state index contributed by atoms with van der Waals surface area (Å²) in [7, 11) is -8.59. The van der Waals surface area contributed by atoms with Crippen LogP contribution in [0, 0.1) is 0 Å². The maximum absolute atomic E-state index is 12.9. The van der Waals surface area contributed by atoms with Crippen LogP contribution in [0.15, 0.2) is 55.3 Å². The van der Waals surface area contributed by atoms with E-state index in [0.29, 0.717) is 21.7 Å². The van der Waals surface area contributed by atoms with Gasteiger partial charge in [0.05, 0.1) is 26.4 Å². The highest BCUT2D eigenvalue weighted by atomic mass is 32.2. The van der Waals surface area contributed by atoms with Gasteiger partial charge in [-0.2, -0.15) is 5.11 Å². The number of rotatable bonds is 7. The molecule has 0 radical (unpaired) electrons. The van der Waals surface area contributed by atoms with E-state index in [9.17, 15) is 16.8 Å². The number of aliphatic imine (C=N–C) groups is 1. The fourth-order valence-electron chi connectivity index (χ4n) is 3.46. The van der Waals surface area contributed by atoms with Crippen LogP contribution >= 0.6 is 11.3 Å². The molecule has 2 heterocycles. The van der Waals surface area contributed by atoms with Crippen LogP contribution in [0.5, 0.6) is 0 Å². The average molecular weight is 494 g/mol. The number of hydrogen-bond donors (Lipinski definition) is 3. The van der Waals surface area contributed by atoms with Crippen LogP contribution in [0.1, 0.15) is 10.6 Å². The maximum Gasteiger partial charge on any atom is 0.240 e. The van der Waals surface area contributed by atoms with E-state index in [1.165, 1.54) is 23.5 Å². The third-order valence-corrected chi connectivity index (χ3v) is 8.68. The summed E-state index contributed by atoms with van der Waals surface area (Å²) in [6, 6.07) is 8.11. The van der Waals surface area contributed by atoms with Crippen LogP contribution in [-0.4, -0.2) is 46.6 Å². The molecule has 4 rings (SSSR count). The van der Waals surface area contributed by atoms with Crippen molar-refractivity contribution in [1.82, 2.24) is 4.98 Å². The number of thiazole rings is 1. The molecule has 14 heteroatoms. The first-order chi connectivity index (χ1) is 15.2. The van der Waals surface area contributed by atoms with Gasteiger partial charge in [0, 0.05) is 18.7 Å². The molecule has 1 aromatic heterocycles. The van der Waals surface area contributed by atoms with Crippen molar-refractivity contribution in [3.8, 4) is 11.1 Å². The van der Waals surface area contributed by atoms with Gasteiger partial charge in [-0.1, -0.05) is 18.2 Å². The topological polar surface area (TPSA) is 196 Å². The summed E-state index contributed by atoms with van der Waals surface area (Å²) < 4.78 is 51.9. The highest BCUT2D eigenvalue weighted by molar-refractivity contribution is 7.93. The number of amidine groups is 1. The zero-order chi connectivity index (χ0) is 23.1. The van der Waals surface area contributed by atoms with Crippen LogP contribution < -0.4 is 16.6 Å². The number of primary sulfonamides is 1. The fraction of sp³-hybridized carbons (Fsp3) is 0.222. The van der Waals surface area contributed by atoms with Gasteiger partial charge in [-0.05, 0) is 17.7 Å². The summed E-state index contributed by atoms with van der Waals surface area (Å²) in [4.78, 5) is 7.65. The van der Waals surface area contributed by atoms with E-state index in [1.807, 2.05) is 6.07 Å². The Bertz CT molecular complexity index is 1490. The van der Waals surface area contributed by atoms with Crippen molar-refractivity contribution >= 4 is 47.2 Å². The smallest absolute Gasteiger partial charge is 0.240 e. The summed E-state index contributed by atoms with van der Waals surface area (Å²) in [5.74, 6) is -0.482. The molecule has 1 aliphatic rings. The van der Waals surface area contributed by atoms with Gasteiger partial charge in [0.1, 0.15) is 9.90 Å². The quantitative estimate of drug-likeness (QED) is 0.435. The van der Waals surface area contributed by atoms with Gasteiger partial charge in [-0.3, -0.25) is 0 Å². The van der Waals surface area contributed by atoms with Gasteiger partial charge >= 0.3 is 0 Å². The van der Waals surface area contributed by atoms with Crippen LogP contribution in [0.3, 0.4) is 0 Å². The minimum atomic E-state index is -4.53. The van der Waals surface area contributed by atoms with E-state index < -0.39 is 35.4 Å². The molecule has 0 saturated carbocycles. The lowest BCUT2D eigenvalue weighted by molar-refractivity contribution is 0.583. The third-order valence-electron chi connectivity index (χ3n) is 4.73. The van der Waals surface area contributed by atoms with Crippen molar-refractivity contribution in [2.75, 3.05) is 19.0 Å². The number of hydrogen-bond acceptors (Lipinski definition) is 11. The minimum Gasteiger partial charge on any atom is -0.329 e. The van der Waals surface area contributed by atoms with Gasteiger partial charge in [-0.25, -0.2) is 32.0 Å². The number of benzene rings is 2. The van der Waals surface area contributed by atoms with Crippen LogP contribution in [0.25, 0.3) is 21.3 Å². The Morgan fingerprint density at radius 3 is 2.44 bits per heavy atom. The van der Waals surface area contributed by atoms with Crippen molar-refractivity contribution in [2.45, 2.75) is 16.3 Å². The second-order valence-corrected chi connectivity index (χ2v) is 11.5. The lowest BCUT2D eigenvalue weighted by Gasteiger charge is -2.17. The normalized spacial score (nSPS) is 14.3. The molecule has 168 valence electrons. The molecule has 0 aliphatic carbocycles. The van der Waals surface area contributed by atoms with E-state index in [1.54, 1.807) is 12.1 Å². The Morgan fingerprint density at radius 2 is 1.81 bits per heavy atom. The predicted molar refractivity (Wildman–Crippen MR) is 122 cm³/mol. The summed E-state index contributed by atoms with van der Waals surface area (Å²) in [5, 5.41) is 13.9. The summed E-state index contributed by atoms with van der Waals surface area (Å²) >= 11 is 1.41. The molecule has 0 bridgehead atoms. The van der Waals surface area contributed by atoms with Crippen LogP contribution in [-0.2, 0) is 26.4 Å². The Labute approximate surface area is 188 Å². The predicted octanol–water partition coefficient (Wildman–Crippen LogP) is 0.972. The zero-order valence-corrected chi connectivity index (χ0v) is 19.0. The molecule has 1 aliphatic heterocycles. The summed E-state index contributed by atoms with van der Waals surface area (Å²) in [6.45, 7) is 0.0340. The van der Waals surface area contributed by atoms with E-state index in [2.05, 4.69) is 20.2 Å². The first-order valence-electron chi connectivity index (χ1n) is 9.31. The molecular formula is C18H19N7O4S3. The number of para-hydroxylation sites is 1. The molecule has 32 heavy (non-hydrogen) atoms. The highest BCUT2D eigenvalue weighted by Gasteiger charge is 2.32. The highest BCUT2D eigenvalue weighted by Crippen LogP contribution is 2.39. The van der Waals surface area contributed by atoms with Gasteiger partial charge in [0.2, 0.25) is 10.0 Å². The van der Waals surface area contributed by atoms with Gasteiger partial charge in [0.15, 0.2) is 22.3 Å². The molecule has 6 N–H and O–H groups in total.